The molecule has 0 saturated carbocycles. The molecule has 0 fully saturated rings. The monoisotopic (exact) mass is 202 g/mol. The van der Waals surface area contributed by atoms with Gasteiger partial charge in [0.15, 0.2) is 0 Å². The quantitative estimate of drug-likeness (QED) is 0.696. The first-order valence-electron chi connectivity index (χ1n) is 5.79. The molecule has 1 unspecified atom stereocenters. The molecule has 2 nitrogen and oxygen atoms in total. The van der Waals surface area contributed by atoms with Crippen LogP contribution in [0.1, 0.15) is 42.6 Å². The standard InChI is InChI=1S/C12H15BO2/c1-2-11-10-7-6-8-4-3-5-9(8)12(10)13(14)15-11/h6-7,11,14H,2-5H2,1H3. The molecule has 1 aromatic rings. The Bertz CT molecular complexity index is 403. The van der Waals surface area contributed by atoms with Crippen molar-refractivity contribution < 1.29 is 9.68 Å². The second-order valence-corrected chi connectivity index (χ2v) is 4.45. The van der Waals surface area contributed by atoms with Crippen molar-refractivity contribution >= 4 is 12.6 Å². The van der Waals surface area contributed by atoms with Crippen molar-refractivity contribution in [2.24, 2.45) is 0 Å². The van der Waals surface area contributed by atoms with Crippen molar-refractivity contribution in [1.82, 2.24) is 0 Å². The van der Waals surface area contributed by atoms with Gasteiger partial charge in [-0.1, -0.05) is 19.1 Å². The number of aryl methyl sites for hydroxylation is 1. The summed E-state index contributed by atoms with van der Waals surface area (Å²) in [4.78, 5) is 0. The summed E-state index contributed by atoms with van der Waals surface area (Å²) in [5.74, 6) is 0. The number of fused-ring (bicyclic) bond motifs is 3. The minimum atomic E-state index is -0.682. The van der Waals surface area contributed by atoms with Crippen molar-refractivity contribution in [1.29, 1.82) is 0 Å². The number of rotatable bonds is 1. The highest BCUT2D eigenvalue weighted by Crippen LogP contribution is 2.31. The molecule has 0 spiro atoms. The maximum absolute atomic E-state index is 9.92. The minimum Gasteiger partial charge on any atom is -0.423 e. The average Bonchev–Trinajstić information content (AvgIpc) is 2.81. The second-order valence-electron chi connectivity index (χ2n) is 4.45. The molecule has 1 aromatic carbocycles. The molecule has 2 aliphatic rings. The van der Waals surface area contributed by atoms with Crippen LogP contribution in [0.5, 0.6) is 0 Å². The van der Waals surface area contributed by atoms with Crippen LogP contribution in [0, 0.1) is 0 Å². The van der Waals surface area contributed by atoms with Gasteiger partial charge in [0, 0.05) is 0 Å². The van der Waals surface area contributed by atoms with E-state index < -0.39 is 7.12 Å². The molecular formula is C12H15BO2. The SMILES string of the molecule is CCC1OB(O)c2c1ccc1c2CCC1. The lowest BCUT2D eigenvalue weighted by Crippen LogP contribution is -2.31. The third kappa shape index (κ3) is 1.26. The van der Waals surface area contributed by atoms with Crippen LogP contribution < -0.4 is 5.46 Å². The normalized spacial score (nSPS) is 23.1. The van der Waals surface area contributed by atoms with Gasteiger partial charge in [-0.05, 0) is 47.8 Å². The Morgan fingerprint density at radius 3 is 3.13 bits per heavy atom. The van der Waals surface area contributed by atoms with Gasteiger partial charge in [0.25, 0.3) is 0 Å². The van der Waals surface area contributed by atoms with Crippen LogP contribution in [0.4, 0.5) is 0 Å². The second kappa shape index (κ2) is 3.36. The molecule has 0 amide bonds. The predicted molar refractivity (Wildman–Crippen MR) is 60.2 cm³/mol. The Morgan fingerprint density at radius 2 is 2.33 bits per heavy atom. The first-order valence-corrected chi connectivity index (χ1v) is 5.79. The molecule has 0 radical (unpaired) electrons. The van der Waals surface area contributed by atoms with Gasteiger partial charge in [-0.3, -0.25) is 0 Å². The van der Waals surface area contributed by atoms with E-state index in [1.807, 2.05) is 0 Å². The lowest BCUT2D eigenvalue weighted by Gasteiger charge is -2.09. The van der Waals surface area contributed by atoms with E-state index in [1.165, 1.54) is 23.1 Å². The summed E-state index contributed by atoms with van der Waals surface area (Å²) in [5, 5.41) is 9.92. The van der Waals surface area contributed by atoms with Crippen molar-refractivity contribution in [3.63, 3.8) is 0 Å². The summed E-state index contributed by atoms with van der Waals surface area (Å²) >= 11 is 0. The zero-order chi connectivity index (χ0) is 10.4. The van der Waals surface area contributed by atoms with E-state index in [2.05, 4.69) is 19.1 Å². The van der Waals surface area contributed by atoms with Gasteiger partial charge in [-0.25, -0.2) is 0 Å². The van der Waals surface area contributed by atoms with E-state index in [0.29, 0.717) is 0 Å². The van der Waals surface area contributed by atoms with Crippen molar-refractivity contribution in [2.75, 3.05) is 0 Å². The average molecular weight is 202 g/mol. The van der Waals surface area contributed by atoms with Crippen LogP contribution in [0.15, 0.2) is 12.1 Å². The van der Waals surface area contributed by atoms with Gasteiger partial charge in [0.1, 0.15) is 0 Å². The highest BCUT2D eigenvalue weighted by Gasteiger charge is 2.37. The molecule has 1 atom stereocenters. The van der Waals surface area contributed by atoms with Crippen LogP contribution in [0.25, 0.3) is 0 Å². The fourth-order valence-corrected chi connectivity index (χ4v) is 2.90. The molecule has 15 heavy (non-hydrogen) atoms. The van der Waals surface area contributed by atoms with E-state index >= 15 is 0 Å². The van der Waals surface area contributed by atoms with E-state index in [4.69, 9.17) is 4.65 Å². The van der Waals surface area contributed by atoms with Gasteiger partial charge in [0.2, 0.25) is 0 Å². The fraction of sp³-hybridized carbons (Fsp3) is 0.500. The minimum absolute atomic E-state index is 0.0981. The largest absolute Gasteiger partial charge is 0.492 e. The van der Waals surface area contributed by atoms with Crippen molar-refractivity contribution in [3.05, 3.63) is 28.8 Å². The summed E-state index contributed by atoms with van der Waals surface area (Å²) in [6.07, 6.45) is 4.51. The van der Waals surface area contributed by atoms with Crippen LogP contribution in [-0.2, 0) is 17.5 Å². The molecule has 1 heterocycles. The van der Waals surface area contributed by atoms with E-state index in [9.17, 15) is 5.02 Å². The Hall–Kier alpha value is -0.795. The van der Waals surface area contributed by atoms with E-state index in [0.717, 1.165) is 24.7 Å². The van der Waals surface area contributed by atoms with Crippen molar-refractivity contribution in [2.45, 2.75) is 38.7 Å². The lowest BCUT2D eigenvalue weighted by atomic mass is 9.75. The fourth-order valence-electron chi connectivity index (χ4n) is 2.90. The van der Waals surface area contributed by atoms with Gasteiger partial charge >= 0.3 is 7.12 Å². The van der Waals surface area contributed by atoms with Gasteiger partial charge < -0.3 is 9.68 Å². The zero-order valence-electron chi connectivity index (χ0n) is 8.99. The maximum atomic E-state index is 9.92. The smallest absolute Gasteiger partial charge is 0.423 e. The molecule has 3 rings (SSSR count). The molecule has 0 bridgehead atoms. The third-order valence-corrected chi connectivity index (χ3v) is 3.62. The molecular weight excluding hydrogens is 187 g/mol. The number of benzene rings is 1. The summed E-state index contributed by atoms with van der Waals surface area (Å²) in [5.41, 5.74) is 5.06. The number of hydrogen-bond donors (Lipinski definition) is 1. The zero-order valence-corrected chi connectivity index (χ0v) is 8.99. The Morgan fingerprint density at radius 1 is 1.47 bits per heavy atom. The summed E-state index contributed by atoms with van der Waals surface area (Å²) in [7, 11) is -0.682. The predicted octanol–water partition coefficient (Wildman–Crippen LogP) is 1.34. The maximum Gasteiger partial charge on any atom is 0.492 e. The summed E-state index contributed by atoms with van der Waals surface area (Å²) in [6, 6.07) is 4.36. The lowest BCUT2D eigenvalue weighted by molar-refractivity contribution is 0.186. The van der Waals surface area contributed by atoms with Crippen LogP contribution in [0.3, 0.4) is 0 Å². The molecule has 0 aromatic heterocycles. The van der Waals surface area contributed by atoms with Gasteiger partial charge in [-0.15, -0.1) is 0 Å². The first-order chi connectivity index (χ1) is 7.31. The topological polar surface area (TPSA) is 29.5 Å². The molecule has 3 heteroatoms. The van der Waals surface area contributed by atoms with Crippen LogP contribution >= 0.6 is 0 Å². The molecule has 78 valence electrons. The highest BCUT2D eigenvalue weighted by atomic mass is 16.5. The van der Waals surface area contributed by atoms with E-state index in [1.54, 1.807) is 0 Å². The highest BCUT2D eigenvalue weighted by molar-refractivity contribution is 6.62. The molecule has 1 aliphatic carbocycles. The van der Waals surface area contributed by atoms with Crippen LogP contribution in [-0.4, -0.2) is 12.1 Å². The Balaban J connectivity index is 2.16. The third-order valence-electron chi connectivity index (χ3n) is 3.62. The Kier molecular flexibility index (Phi) is 2.11. The van der Waals surface area contributed by atoms with Gasteiger partial charge in [-0.2, -0.15) is 0 Å². The Labute approximate surface area is 90.4 Å². The number of hydrogen-bond acceptors (Lipinski definition) is 2. The summed E-state index contributed by atoms with van der Waals surface area (Å²) in [6.45, 7) is 2.10. The first kappa shape index (κ1) is 9.43. The summed E-state index contributed by atoms with van der Waals surface area (Å²) < 4.78 is 5.56. The van der Waals surface area contributed by atoms with Crippen LogP contribution in [0.2, 0.25) is 0 Å². The van der Waals surface area contributed by atoms with E-state index in [-0.39, 0.29) is 6.10 Å². The van der Waals surface area contributed by atoms with Crippen molar-refractivity contribution in [3.8, 4) is 0 Å². The molecule has 0 saturated heterocycles. The molecule has 1 aliphatic heterocycles. The van der Waals surface area contributed by atoms with Gasteiger partial charge in [0.05, 0.1) is 6.10 Å². The molecule has 1 N–H and O–H groups in total.